The van der Waals surface area contributed by atoms with Gasteiger partial charge in [-0.25, -0.2) is 13.7 Å². The summed E-state index contributed by atoms with van der Waals surface area (Å²) >= 11 is 0. The Morgan fingerprint density at radius 3 is 2.28 bits per heavy atom. The molecule has 0 aliphatic carbocycles. The minimum absolute atomic E-state index is 0.159. The minimum Gasteiger partial charge on any atom is -0.542 e. The zero-order valence-corrected chi connectivity index (χ0v) is 9.39. The van der Waals surface area contributed by atoms with Crippen LogP contribution in [0.25, 0.3) is 0 Å². The zero-order valence-electron chi connectivity index (χ0n) is 8.49. The second kappa shape index (κ2) is 6.50. The van der Waals surface area contributed by atoms with E-state index in [9.17, 15) is 17.7 Å². The van der Waals surface area contributed by atoms with Crippen molar-refractivity contribution in [3.05, 3.63) is 18.7 Å². The first kappa shape index (κ1) is 16.6. The van der Waals surface area contributed by atoms with E-state index in [0.717, 1.165) is 0 Å². The number of nitrogens with zero attached hydrogens (tertiary/aromatic N) is 1. The van der Waals surface area contributed by atoms with Gasteiger partial charge < -0.3 is 19.7 Å². The number of halogens is 3. The van der Waals surface area contributed by atoms with E-state index >= 15 is 0 Å². The monoisotopic (exact) mass is 292 g/mol. The zero-order chi connectivity index (χ0) is 14.4. The lowest BCUT2D eigenvalue weighted by molar-refractivity contribution is -0.724. The average molecular weight is 292 g/mol. The van der Waals surface area contributed by atoms with Crippen molar-refractivity contribution >= 4 is 13.8 Å². The number of H-pyrrole nitrogens is 1. The van der Waals surface area contributed by atoms with Gasteiger partial charge in [0.05, 0.1) is 0 Å². The van der Waals surface area contributed by atoms with Crippen LogP contribution in [0.15, 0.2) is 18.7 Å². The second-order valence-electron chi connectivity index (χ2n) is 2.66. The van der Waals surface area contributed by atoms with Crippen molar-refractivity contribution < 1.29 is 46.5 Å². The van der Waals surface area contributed by atoms with E-state index in [1.807, 2.05) is 0 Å². The number of carboxylic acid groups (broad SMARTS) is 1. The highest BCUT2D eigenvalue weighted by molar-refractivity contribution is 7.46. The Morgan fingerprint density at radius 1 is 1.50 bits per heavy atom. The molecule has 3 N–H and O–H groups in total. The van der Waals surface area contributed by atoms with Gasteiger partial charge in [-0.3, -0.25) is 4.98 Å². The van der Waals surface area contributed by atoms with Crippen molar-refractivity contribution in [1.82, 2.24) is 4.98 Å². The number of alkyl halides is 3. The summed E-state index contributed by atoms with van der Waals surface area (Å²) < 4.78 is 47.4. The Morgan fingerprint density at radius 2 is 2.00 bits per heavy atom. The maximum atomic E-state index is 10.5. The van der Waals surface area contributed by atoms with Gasteiger partial charge in [0.1, 0.15) is 18.4 Å². The Labute approximate surface area is 97.9 Å². The molecule has 0 aromatic carbocycles. The van der Waals surface area contributed by atoms with Crippen LogP contribution in [0.5, 0.6) is 0 Å². The molecule has 1 aromatic heterocycles. The number of nitrogens with one attached hydrogen (secondary N) is 1. The molecular formula is C6H8F3N2O6P. The first-order valence-corrected chi connectivity index (χ1v) is 5.55. The summed E-state index contributed by atoms with van der Waals surface area (Å²) in [6, 6.07) is 0. The number of hydrogen-bond donors (Lipinski definition) is 3. The highest BCUT2D eigenvalue weighted by Gasteiger charge is 2.28. The van der Waals surface area contributed by atoms with Crippen LogP contribution in [-0.4, -0.2) is 26.9 Å². The number of phosphoric acid groups is 1. The third kappa shape index (κ3) is 8.70. The molecule has 1 aromatic rings. The number of rotatable bonds is 3. The van der Waals surface area contributed by atoms with Gasteiger partial charge >= 0.3 is 14.0 Å². The number of carbonyl (C=O) groups excluding carboxylic acids is 1. The predicted octanol–water partition coefficient (Wildman–Crippen LogP) is -1.33. The van der Waals surface area contributed by atoms with Crippen LogP contribution in [0, 0.1) is 0 Å². The molecule has 0 bridgehead atoms. The number of carbonyl (C=O) groups is 1. The average Bonchev–Trinajstić information content (AvgIpc) is 2.65. The third-order valence-electron chi connectivity index (χ3n) is 1.21. The van der Waals surface area contributed by atoms with Crippen molar-refractivity contribution in [3.8, 4) is 0 Å². The summed E-state index contributed by atoms with van der Waals surface area (Å²) in [5.74, 6) is -3.01. The number of aromatic amines is 1. The SMILES string of the molecule is O=C([O-])C(F)(F)F.O=P(O)(O)OC[n+]1cc[nH]c1. The van der Waals surface area contributed by atoms with E-state index in [2.05, 4.69) is 9.51 Å². The van der Waals surface area contributed by atoms with Crippen LogP contribution in [0.2, 0.25) is 0 Å². The topological polar surface area (TPSA) is 127 Å². The molecule has 0 unspecified atom stereocenters. The molecule has 0 radical (unpaired) electrons. The van der Waals surface area contributed by atoms with Gasteiger partial charge in [-0.05, 0) is 0 Å². The summed E-state index contributed by atoms with van der Waals surface area (Å²) in [7, 11) is -4.34. The summed E-state index contributed by atoms with van der Waals surface area (Å²) in [6.45, 7) is -0.159. The molecule has 1 rings (SSSR count). The predicted molar refractivity (Wildman–Crippen MR) is 45.2 cm³/mol. The van der Waals surface area contributed by atoms with Crippen LogP contribution in [0.1, 0.15) is 0 Å². The molecule has 0 fully saturated rings. The second-order valence-corrected chi connectivity index (χ2v) is 3.90. The molecular weight excluding hydrogens is 284 g/mol. The van der Waals surface area contributed by atoms with Gasteiger partial charge in [0, 0.05) is 0 Å². The van der Waals surface area contributed by atoms with Crippen molar-refractivity contribution in [3.63, 3.8) is 0 Å². The largest absolute Gasteiger partial charge is 0.542 e. The van der Waals surface area contributed by atoms with E-state index in [1.165, 1.54) is 10.9 Å². The molecule has 0 saturated heterocycles. The number of imidazole rings is 1. The van der Waals surface area contributed by atoms with E-state index in [0.29, 0.717) is 0 Å². The quantitative estimate of drug-likeness (QED) is 0.468. The smallest absolute Gasteiger partial charge is 0.472 e. The maximum Gasteiger partial charge on any atom is 0.472 e. The first-order chi connectivity index (χ1) is 8.02. The van der Waals surface area contributed by atoms with Crippen molar-refractivity contribution in [1.29, 1.82) is 0 Å². The number of hydrogen-bond acceptors (Lipinski definition) is 4. The van der Waals surface area contributed by atoms with Gasteiger partial charge in [0.15, 0.2) is 0 Å². The van der Waals surface area contributed by atoms with Crippen LogP contribution >= 0.6 is 7.82 Å². The Kier molecular flexibility index (Phi) is 5.98. The standard InChI is InChI=1S/C4H7N2O4P.C2HF3O2/c7-11(8,9)10-4-6-2-1-5-3-6;3-2(4,5)1(6)7/h1-3H,4H2,(H2,7,8,9);(H,6,7). The lowest BCUT2D eigenvalue weighted by Gasteiger charge is -2.03. The number of phosphoric ester groups is 1. The number of aromatic nitrogens is 2. The lowest BCUT2D eigenvalue weighted by atomic mass is 10.7. The Hall–Kier alpha value is -1.42. The van der Waals surface area contributed by atoms with E-state index < -0.39 is 20.0 Å². The van der Waals surface area contributed by atoms with Gasteiger partial charge in [-0.2, -0.15) is 13.2 Å². The normalized spacial score (nSPS) is 11.6. The molecule has 0 amide bonds. The third-order valence-corrected chi connectivity index (χ3v) is 1.66. The molecule has 0 spiro atoms. The highest BCUT2D eigenvalue weighted by atomic mass is 31.2. The molecule has 8 nitrogen and oxygen atoms in total. The fraction of sp³-hybridized carbons (Fsp3) is 0.333. The summed E-state index contributed by atoms with van der Waals surface area (Å²) in [6.07, 6.45) is -0.464. The van der Waals surface area contributed by atoms with Gasteiger partial charge in [0.25, 0.3) is 0 Å². The molecule has 104 valence electrons. The summed E-state index contributed by atoms with van der Waals surface area (Å²) in [5.41, 5.74) is 0. The summed E-state index contributed by atoms with van der Waals surface area (Å²) in [5, 5.41) is 8.78. The van der Waals surface area contributed by atoms with E-state index in [1.54, 1.807) is 12.4 Å². The fourth-order valence-electron chi connectivity index (χ4n) is 0.543. The van der Waals surface area contributed by atoms with E-state index in [-0.39, 0.29) is 6.73 Å². The first-order valence-electron chi connectivity index (χ1n) is 4.02. The Bertz CT molecular complexity index is 413. The minimum atomic E-state index is -5.19. The van der Waals surface area contributed by atoms with Gasteiger partial charge in [0.2, 0.25) is 13.1 Å². The molecule has 0 atom stereocenters. The van der Waals surface area contributed by atoms with Crippen LogP contribution in [-0.2, 0) is 20.6 Å². The van der Waals surface area contributed by atoms with Crippen LogP contribution in [0.4, 0.5) is 13.2 Å². The number of aliphatic carboxylic acids is 1. The molecule has 0 aliphatic rings. The fourth-order valence-corrected chi connectivity index (χ4v) is 0.827. The van der Waals surface area contributed by atoms with Gasteiger partial charge in [-0.1, -0.05) is 0 Å². The molecule has 0 aliphatic heterocycles. The molecule has 18 heavy (non-hydrogen) atoms. The van der Waals surface area contributed by atoms with E-state index in [4.69, 9.17) is 19.7 Å². The molecule has 0 saturated carbocycles. The highest BCUT2D eigenvalue weighted by Crippen LogP contribution is 2.35. The van der Waals surface area contributed by atoms with Gasteiger partial charge in [-0.15, -0.1) is 0 Å². The Balaban J connectivity index is 0.000000360. The number of carboxylic acids is 1. The van der Waals surface area contributed by atoms with Crippen LogP contribution in [0.3, 0.4) is 0 Å². The van der Waals surface area contributed by atoms with Crippen molar-refractivity contribution in [2.75, 3.05) is 0 Å². The molecule has 1 heterocycles. The lowest BCUT2D eigenvalue weighted by Crippen LogP contribution is -2.37. The summed E-state index contributed by atoms with van der Waals surface area (Å²) in [4.78, 5) is 28.0. The van der Waals surface area contributed by atoms with Crippen LogP contribution < -0.4 is 9.67 Å². The molecule has 12 heteroatoms. The maximum absolute atomic E-state index is 10.5. The van der Waals surface area contributed by atoms with Crippen molar-refractivity contribution in [2.45, 2.75) is 12.9 Å². The van der Waals surface area contributed by atoms with Crippen molar-refractivity contribution in [2.24, 2.45) is 0 Å².